The van der Waals surface area contributed by atoms with Crippen molar-refractivity contribution in [2.45, 2.75) is 6.54 Å². The van der Waals surface area contributed by atoms with Crippen LogP contribution in [-0.4, -0.2) is 25.5 Å². The molecule has 1 amide bonds. The highest BCUT2D eigenvalue weighted by atomic mass is 32.1. The number of benzene rings is 2. The Morgan fingerprint density at radius 3 is 2.45 bits per heavy atom. The largest absolute Gasteiger partial charge is 0.303 e. The van der Waals surface area contributed by atoms with Gasteiger partial charge in [-0.25, -0.2) is 4.39 Å². The maximum Gasteiger partial charge on any atom is 0.291 e. The maximum absolute atomic E-state index is 13.5. The summed E-state index contributed by atoms with van der Waals surface area (Å²) in [6.07, 6.45) is 3.27. The zero-order valence-corrected chi connectivity index (χ0v) is 17.8. The Hall–Kier alpha value is -4.24. The number of carbonyl (C=O) groups is 1. The van der Waals surface area contributed by atoms with Gasteiger partial charge in [0, 0.05) is 23.5 Å². The highest BCUT2D eigenvalue weighted by Crippen LogP contribution is 2.36. The molecule has 7 nitrogen and oxygen atoms in total. The molecular weight excluding hydrogens is 441 g/mol. The number of para-hydroxylation sites is 1. The van der Waals surface area contributed by atoms with Crippen molar-refractivity contribution in [3.8, 4) is 11.4 Å². The number of thiazole rings is 1. The third kappa shape index (κ3) is 3.13. The maximum atomic E-state index is 13.5. The number of amides is 1. The molecule has 0 saturated carbocycles. The van der Waals surface area contributed by atoms with Gasteiger partial charge in [0.1, 0.15) is 10.3 Å². The van der Waals surface area contributed by atoms with Gasteiger partial charge in [-0.1, -0.05) is 41.7 Å². The van der Waals surface area contributed by atoms with Gasteiger partial charge in [0.05, 0.1) is 17.8 Å². The fourth-order valence-corrected chi connectivity index (χ4v) is 4.94. The lowest BCUT2D eigenvalue weighted by molar-refractivity contribution is -0.113. The summed E-state index contributed by atoms with van der Waals surface area (Å²) in [4.78, 5) is 37.2. The lowest BCUT2D eigenvalue weighted by atomic mass is 10.1. The second-order valence-electron chi connectivity index (χ2n) is 7.51. The minimum Gasteiger partial charge on any atom is -0.303 e. The summed E-state index contributed by atoms with van der Waals surface area (Å²) in [6.45, 7) is 0.265. The average Bonchev–Trinajstić information content (AvgIpc) is 3.47. The summed E-state index contributed by atoms with van der Waals surface area (Å²) >= 11 is 1.14. The second-order valence-corrected chi connectivity index (χ2v) is 8.49. The lowest BCUT2D eigenvalue weighted by Gasteiger charge is -2.17. The first-order valence-corrected chi connectivity index (χ1v) is 10.9. The standard InChI is InChI=1S/C24H14FN5O2S/c25-16-7-5-14(6-8-16)13-29-18-4-2-1-3-17(18)19(22(29)31)20-23(32)30-24(33-20)27-21(28-30)15-9-11-26-12-10-15/h1-12H,13H2/b20-19-. The number of pyridine rings is 1. The van der Waals surface area contributed by atoms with E-state index >= 15 is 0 Å². The van der Waals surface area contributed by atoms with E-state index in [1.807, 2.05) is 24.3 Å². The van der Waals surface area contributed by atoms with Crippen LogP contribution < -0.4 is 15.0 Å². The van der Waals surface area contributed by atoms with E-state index in [0.29, 0.717) is 32.1 Å². The molecule has 33 heavy (non-hydrogen) atoms. The van der Waals surface area contributed by atoms with Crippen LogP contribution in [-0.2, 0) is 11.3 Å². The zero-order valence-electron chi connectivity index (χ0n) is 17.0. The van der Waals surface area contributed by atoms with Crippen LogP contribution in [0.15, 0.2) is 77.9 Å². The third-order valence-electron chi connectivity index (χ3n) is 5.50. The summed E-state index contributed by atoms with van der Waals surface area (Å²) in [5, 5.41) is 4.35. The van der Waals surface area contributed by atoms with Gasteiger partial charge in [-0.3, -0.25) is 14.6 Å². The Kier molecular flexibility index (Phi) is 4.37. The molecule has 5 aromatic rings. The zero-order chi connectivity index (χ0) is 22.5. The van der Waals surface area contributed by atoms with Crippen molar-refractivity contribution in [2.75, 3.05) is 4.90 Å². The van der Waals surface area contributed by atoms with Crippen LogP contribution in [0.4, 0.5) is 10.1 Å². The monoisotopic (exact) mass is 455 g/mol. The topological polar surface area (TPSA) is 80.5 Å². The minimum atomic E-state index is -0.385. The number of halogens is 1. The molecule has 1 aliphatic heterocycles. The van der Waals surface area contributed by atoms with Gasteiger partial charge in [-0.2, -0.15) is 9.50 Å². The second kappa shape index (κ2) is 7.42. The van der Waals surface area contributed by atoms with Crippen LogP contribution >= 0.6 is 11.3 Å². The van der Waals surface area contributed by atoms with Crippen molar-refractivity contribution >= 4 is 33.5 Å². The van der Waals surface area contributed by atoms with Crippen LogP contribution in [0.1, 0.15) is 11.1 Å². The molecule has 9 heteroatoms. The van der Waals surface area contributed by atoms with Gasteiger partial charge in [0.2, 0.25) is 4.96 Å². The molecule has 0 spiro atoms. The van der Waals surface area contributed by atoms with Gasteiger partial charge in [0.25, 0.3) is 11.5 Å². The number of anilines is 1. The molecule has 0 N–H and O–H groups in total. The quantitative estimate of drug-likeness (QED) is 0.418. The van der Waals surface area contributed by atoms with Crippen molar-refractivity contribution < 1.29 is 9.18 Å². The SMILES string of the molecule is O=C1/C(=c2\sc3nc(-c4ccncc4)nn3c2=O)c2ccccc2N1Cc1ccc(F)cc1. The van der Waals surface area contributed by atoms with Gasteiger partial charge < -0.3 is 4.90 Å². The number of fused-ring (bicyclic) bond motifs is 2. The van der Waals surface area contributed by atoms with E-state index in [4.69, 9.17) is 0 Å². The summed E-state index contributed by atoms with van der Waals surface area (Å²) in [7, 11) is 0. The smallest absolute Gasteiger partial charge is 0.291 e. The van der Waals surface area contributed by atoms with Gasteiger partial charge in [-0.15, -0.1) is 5.10 Å². The molecule has 0 atom stereocenters. The number of nitrogens with zero attached hydrogens (tertiary/aromatic N) is 5. The van der Waals surface area contributed by atoms with Crippen molar-refractivity contribution in [2.24, 2.45) is 0 Å². The molecule has 0 radical (unpaired) electrons. The molecule has 4 heterocycles. The Morgan fingerprint density at radius 2 is 1.70 bits per heavy atom. The molecule has 0 bridgehead atoms. The molecule has 160 valence electrons. The Morgan fingerprint density at radius 1 is 0.939 bits per heavy atom. The molecule has 6 rings (SSSR count). The third-order valence-corrected chi connectivity index (χ3v) is 6.53. The predicted molar refractivity (Wildman–Crippen MR) is 122 cm³/mol. The first-order chi connectivity index (χ1) is 16.1. The Bertz CT molecular complexity index is 1640. The molecule has 0 unspecified atom stereocenters. The molecule has 3 aromatic heterocycles. The predicted octanol–water partition coefficient (Wildman–Crippen LogP) is 2.82. The molecule has 0 fully saturated rings. The van der Waals surface area contributed by atoms with E-state index in [9.17, 15) is 14.0 Å². The highest BCUT2D eigenvalue weighted by molar-refractivity contribution is 7.15. The number of hydrogen-bond donors (Lipinski definition) is 0. The van der Waals surface area contributed by atoms with E-state index in [0.717, 1.165) is 22.5 Å². The molecule has 0 saturated heterocycles. The van der Waals surface area contributed by atoms with Crippen LogP contribution in [0.3, 0.4) is 0 Å². The summed E-state index contributed by atoms with van der Waals surface area (Å²) < 4.78 is 14.8. The van der Waals surface area contributed by atoms with Crippen molar-refractivity contribution in [1.82, 2.24) is 19.6 Å². The van der Waals surface area contributed by atoms with Crippen LogP contribution in [0.5, 0.6) is 0 Å². The van der Waals surface area contributed by atoms with Crippen LogP contribution in [0.2, 0.25) is 0 Å². The molecule has 1 aliphatic rings. The van der Waals surface area contributed by atoms with E-state index in [1.54, 1.807) is 41.6 Å². The fraction of sp³-hybridized carbons (Fsp3) is 0.0417. The fourth-order valence-electron chi connectivity index (χ4n) is 3.94. The van der Waals surface area contributed by atoms with Crippen molar-refractivity contribution in [3.63, 3.8) is 0 Å². The number of rotatable bonds is 3. The minimum absolute atomic E-state index is 0.265. The Labute approximate surface area is 190 Å². The molecule has 0 aliphatic carbocycles. The lowest BCUT2D eigenvalue weighted by Crippen LogP contribution is -2.32. The normalized spacial score (nSPS) is 14.8. The Balaban J connectivity index is 1.49. The first-order valence-electron chi connectivity index (χ1n) is 10.1. The molecular formula is C24H14FN5O2S. The van der Waals surface area contributed by atoms with E-state index < -0.39 is 0 Å². The van der Waals surface area contributed by atoms with Crippen molar-refractivity contribution in [1.29, 1.82) is 0 Å². The van der Waals surface area contributed by atoms with Gasteiger partial charge >= 0.3 is 0 Å². The van der Waals surface area contributed by atoms with Crippen molar-refractivity contribution in [3.05, 3.63) is 105 Å². The summed E-state index contributed by atoms with van der Waals surface area (Å²) in [5.74, 6) is -0.194. The summed E-state index contributed by atoms with van der Waals surface area (Å²) in [6, 6.07) is 16.9. The summed E-state index contributed by atoms with van der Waals surface area (Å²) in [5.41, 5.74) is 2.87. The van der Waals surface area contributed by atoms with E-state index in [2.05, 4.69) is 15.1 Å². The van der Waals surface area contributed by atoms with Crippen LogP contribution in [0.25, 0.3) is 21.9 Å². The highest BCUT2D eigenvalue weighted by Gasteiger charge is 2.34. The molecule has 2 aromatic carbocycles. The van der Waals surface area contributed by atoms with Crippen LogP contribution in [0, 0.1) is 5.82 Å². The number of aromatic nitrogens is 4. The number of carbonyl (C=O) groups excluding carboxylic acids is 1. The van der Waals surface area contributed by atoms with E-state index in [-0.39, 0.29) is 23.8 Å². The number of hydrogen-bond acceptors (Lipinski definition) is 6. The first kappa shape index (κ1) is 19.4. The van der Waals surface area contributed by atoms with E-state index in [1.165, 1.54) is 16.6 Å². The van der Waals surface area contributed by atoms with Gasteiger partial charge in [0.15, 0.2) is 5.82 Å². The average molecular weight is 455 g/mol. The van der Waals surface area contributed by atoms with Gasteiger partial charge in [-0.05, 0) is 35.9 Å².